The van der Waals surface area contributed by atoms with Gasteiger partial charge in [-0.05, 0) is 52.3 Å². The SMILES string of the molecule is CC(=O)N1CCC(c2cc(CN(C)C)n(CCNC(=O)C3CC=CCC3)n2)CC1. The lowest BCUT2D eigenvalue weighted by Crippen LogP contribution is -2.36. The summed E-state index contributed by atoms with van der Waals surface area (Å²) < 4.78 is 2.05. The van der Waals surface area contributed by atoms with E-state index in [1.165, 1.54) is 5.69 Å². The highest BCUT2D eigenvalue weighted by Gasteiger charge is 2.25. The van der Waals surface area contributed by atoms with Gasteiger partial charge in [-0.1, -0.05) is 12.2 Å². The topological polar surface area (TPSA) is 70.5 Å². The van der Waals surface area contributed by atoms with Crippen LogP contribution >= 0.6 is 0 Å². The number of likely N-dealkylation sites (tertiary alicyclic amines) is 1. The maximum absolute atomic E-state index is 12.4. The van der Waals surface area contributed by atoms with Gasteiger partial charge < -0.3 is 15.1 Å². The quantitative estimate of drug-likeness (QED) is 0.711. The highest BCUT2D eigenvalue weighted by molar-refractivity contribution is 5.78. The number of amides is 2. The van der Waals surface area contributed by atoms with E-state index in [1.807, 2.05) is 9.58 Å². The van der Waals surface area contributed by atoms with E-state index in [9.17, 15) is 9.59 Å². The molecule has 7 nitrogen and oxygen atoms in total. The van der Waals surface area contributed by atoms with Crippen LogP contribution in [0.15, 0.2) is 18.2 Å². The zero-order valence-corrected chi connectivity index (χ0v) is 18.1. The van der Waals surface area contributed by atoms with Gasteiger partial charge in [-0.2, -0.15) is 5.10 Å². The average molecular weight is 402 g/mol. The van der Waals surface area contributed by atoms with Crippen molar-refractivity contribution in [2.45, 2.75) is 58.0 Å². The maximum Gasteiger partial charge on any atom is 0.223 e. The molecule has 0 aromatic carbocycles. The van der Waals surface area contributed by atoms with Gasteiger partial charge in [0.05, 0.1) is 17.9 Å². The molecule has 2 aliphatic rings. The van der Waals surface area contributed by atoms with Crippen molar-refractivity contribution in [2.75, 3.05) is 33.7 Å². The Balaban J connectivity index is 1.59. The third-order valence-electron chi connectivity index (χ3n) is 5.98. The van der Waals surface area contributed by atoms with Gasteiger partial charge in [0.2, 0.25) is 11.8 Å². The number of nitrogens with zero attached hydrogens (tertiary/aromatic N) is 4. The van der Waals surface area contributed by atoms with Crippen molar-refractivity contribution in [1.82, 2.24) is 24.9 Å². The number of allylic oxidation sites excluding steroid dienone is 2. The molecule has 0 saturated carbocycles. The molecule has 1 aromatic heterocycles. The first-order valence-electron chi connectivity index (χ1n) is 10.8. The second-order valence-corrected chi connectivity index (χ2v) is 8.57. The summed E-state index contributed by atoms with van der Waals surface area (Å²) in [5, 5.41) is 7.99. The number of carbonyl (C=O) groups is 2. The number of aromatic nitrogens is 2. The molecule has 1 aliphatic carbocycles. The van der Waals surface area contributed by atoms with Crippen molar-refractivity contribution in [2.24, 2.45) is 5.92 Å². The smallest absolute Gasteiger partial charge is 0.223 e. The third-order valence-corrected chi connectivity index (χ3v) is 5.98. The van der Waals surface area contributed by atoms with Crippen LogP contribution < -0.4 is 5.32 Å². The maximum atomic E-state index is 12.4. The molecule has 160 valence electrons. The highest BCUT2D eigenvalue weighted by Crippen LogP contribution is 2.28. The van der Waals surface area contributed by atoms with Gasteiger partial charge in [0, 0.05) is 44.9 Å². The molecule has 0 spiro atoms. The van der Waals surface area contributed by atoms with E-state index in [-0.39, 0.29) is 17.7 Å². The molecule has 1 fully saturated rings. The number of carbonyl (C=O) groups excluding carboxylic acids is 2. The first kappa shape index (κ1) is 21.6. The summed E-state index contributed by atoms with van der Waals surface area (Å²) in [5.41, 5.74) is 2.29. The summed E-state index contributed by atoms with van der Waals surface area (Å²) in [6, 6.07) is 2.21. The third kappa shape index (κ3) is 5.92. The summed E-state index contributed by atoms with van der Waals surface area (Å²) in [7, 11) is 4.11. The van der Waals surface area contributed by atoms with Crippen molar-refractivity contribution in [3.8, 4) is 0 Å². The van der Waals surface area contributed by atoms with Gasteiger partial charge in [-0.15, -0.1) is 0 Å². The molecule has 1 unspecified atom stereocenters. The fourth-order valence-corrected chi connectivity index (χ4v) is 4.27. The van der Waals surface area contributed by atoms with Crippen molar-refractivity contribution in [3.63, 3.8) is 0 Å². The monoisotopic (exact) mass is 401 g/mol. The Bertz CT molecular complexity index is 732. The Labute approximate surface area is 174 Å². The Hall–Kier alpha value is -2.15. The number of piperidine rings is 1. The molecule has 7 heteroatoms. The number of rotatable bonds is 7. The van der Waals surface area contributed by atoms with Gasteiger partial charge in [0.25, 0.3) is 0 Å². The molecule has 2 amide bonds. The average Bonchev–Trinajstić information content (AvgIpc) is 3.10. The minimum absolute atomic E-state index is 0.112. The van der Waals surface area contributed by atoms with Crippen LogP contribution in [0.5, 0.6) is 0 Å². The highest BCUT2D eigenvalue weighted by atomic mass is 16.2. The minimum Gasteiger partial charge on any atom is -0.354 e. The predicted molar refractivity (Wildman–Crippen MR) is 113 cm³/mol. The standard InChI is InChI=1S/C22H35N5O2/c1-17(28)26-12-9-18(10-13-26)21-15-20(16-25(2)3)27(24-21)14-11-23-22(29)19-7-5-4-6-8-19/h4-5,15,18-19H,6-14,16H2,1-3H3,(H,23,29). The van der Waals surface area contributed by atoms with Crippen LogP contribution in [-0.4, -0.2) is 65.1 Å². The summed E-state index contributed by atoms with van der Waals surface area (Å²) in [6.07, 6.45) is 8.98. The second kappa shape index (κ2) is 10.1. The summed E-state index contributed by atoms with van der Waals surface area (Å²) in [5.74, 6) is 0.830. The summed E-state index contributed by atoms with van der Waals surface area (Å²) in [4.78, 5) is 28.0. The first-order valence-corrected chi connectivity index (χ1v) is 10.8. The van der Waals surface area contributed by atoms with Crippen molar-refractivity contribution < 1.29 is 9.59 Å². The molecule has 29 heavy (non-hydrogen) atoms. The molecule has 3 rings (SSSR count). The van der Waals surface area contributed by atoms with Crippen molar-refractivity contribution in [1.29, 1.82) is 0 Å². The predicted octanol–water partition coefficient (Wildman–Crippen LogP) is 2.14. The number of hydrogen-bond acceptors (Lipinski definition) is 4. The lowest BCUT2D eigenvalue weighted by atomic mass is 9.93. The normalized spacial score (nSPS) is 20.3. The van der Waals surface area contributed by atoms with E-state index in [1.54, 1.807) is 6.92 Å². The fraction of sp³-hybridized carbons (Fsp3) is 0.682. The second-order valence-electron chi connectivity index (χ2n) is 8.57. The van der Waals surface area contributed by atoms with Crippen LogP contribution in [0, 0.1) is 5.92 Å². The molecule has 1 aliphatic heterocycles. The Morgan fingerprint density at radius 3 is 2.59 bits per heavy atom. The van der Waals surface area contributed by atoms with E-state index >= 15 is 0 Å². The van der Waals surface area contributed by atoms with Crippen LogP contribution in [0.1, 0.15) is 56.3 Å². The van der Waals surface area contributed by atoms with E-state index in [0.717, 1.165) is 57.4 Å². The Kier molecular flexibility index (Phi) is 7.47. The lowest BCUT2D eigenvalue weighted by Gasteiger charge is -2.30. The van der Waals surface area contributed by atoms with Crippen molar-refractivity contribution in [3.05, 3.63) is 29.6 Å². The molecule has 0 radical (unpaired) electrons. The molecule has 2 heterocycles. The molecular weight excluding hydrogens is 366 g/mol. The molecule has 1 atom stereocenters. The zero-order chi connectivity index (χ0) is 20.8. The molecular formula is C22H35N5O2. The summed E-state index contributed by atoms with van der Waals surface area (Å²) in [6.45, 7) is 5.36. The summed E-state index contributed by atoms with van der Waals surface area (Å²) >= 11 is 0. The molecule has 1 saturated heterocycles. The minimum atomic E-state index is 0.112. The molecule has 1 aromatic rings. The fourth-order valence-electron chi connectivity index (χ4n) is 4.27. The van der Waals surface area contributed by atoms with Crippen LogP contribution in [-0.2, 0) is 22.7 Å². The van der Waals surface area contributed by atoms with Crippen LogP contribution in [0.2, 0.25) is 0 Å². The lowest BCUT2D eigenvalue weighted by molar-refractivity contribution is -0.130. The Morgan fingerprint density at radius 1 is 1.21 bits per heavy atom. The Morgan fingerprint density at radius 2 is 1.97 bits per heavy atom. The van der Waals surface area contributed by atoms with E-state index in [4.69, 9.17) is 5.10 Å². The number of nitrogens with one attached hydrogen (secondary N) is 1. The molecule has 1 N–H and O–H groups in total. The van der Waals surface area contributed by atoms with Gasteiger partial charge in [0.15, 0.2) is 0 Å². The van der Waals surface area contributed by atoms with Gasteiger partial charge in [-0.25, -0.2) is 0 Å². The van der Waals surface area contributed by atoms with E-state index in [0.29, 0.717) is 19.0 Å². The van der Waals surface area contributed by atoms with Gasteiger partial charge in [0.1, 0.15) is 0 Å². The van der Waals surface area contributed by atoms with Crippen molar-refractivity contribution >= 4 is 11.8 Å². The first-order chi connectivity index (χ1) is 13.9. The van der Waals surface area contributed by atoms with E-state index in [2.05, 4.69) is 42.5 Å². The van der Waals surface area contributed by atoms with Crippen LogP contribution in [0.25, 0.3) is 0 Å². The van der Waals surface area contributed by atoms with Crippen LogP contribution in [0.3, 0.4) is 0 Å². The van der Waals surface area contributed by atoms with E-state index < -0.39 is 0 Å². The van der Waals surface area contributed by atoms with Gasteiger partial charge in [-0.3, -0.25) is 14.3 Å². The zero-order valence-electron chi connectivity index (χ0n) is 18.1. The number of hydrogen-bond donors (Lipinski definition) is 1. The van der Waals surface area contributed by atoms with Crippen LogP contribution in [0.4, 0.5) is 0 Å². The molecule has 0 bridgehead atoms. The largest absolute Gasteiger partial charge is 0.354 e. The van der Waals surface area contributed by atoms with Gasteiger partial charge >= 0.3 is 0 Å².